The molecule has 0 amide bonds. The van der Waals surface area contributed by atoms with E-state index >= 15 is 0 Å². The Morgan fingerprint density at radius 2 is 2.00 bits per heavy atom. The van der Waals surface area contributed by atoms with E-state index in [-0.39, 0.29) is 12.0 Å². The number of rotatable bonds is 2. The Bertz CT molecular complexity index is 349. The molecule has 0 bridgehead atoms. The standard InChI is InChI=1S/C10H10BrF3O/c1-2-9(15)7-4-3-6(11)5-8(7)10(12,13)14/h3-5,9,15H,2H2,1H3. The summed E-state index contributed by atoms with van der Waals surface area (Å²) in [6.07, 6.45) is -5.25. The Labute approximate surface area is 94.0 Å². The minimum Gasteiger partial charge on any atom is -0.388 e. The second-order valence-corrected chi connectivity index (χ2v) is 4.07. The van der Waals surface area contributed by atoms with Crippen LogP contribution in [0.5, 0.6) is 0 Å². The first-order chi connectivity index (χ1) is 6.86. The average Bonchev–Trinajstić information content (AvgIpc) is 2.15. The number of benzene rings is 1. The van der Waals surface area contributed by atoms with Gasteiger partial charge in [-0.25, -0.2) is 0 Å². The minimum absolute atomic E-state index is 0.0757. The van der Waals surface area contributed by atoms with E-state index < -0.39 is 17.8 Å². The largest absolute Gasteiger partial charge is 0.416 e. The van der Waals surface area contributed by atoms with Gasteiger partial charge in [-0.2, -0.15) is 13.2 Å². The predicted octanol–water partition coefficient (Wildman–Crippen LogP) is 3.91. The molecule has 1 aromatic rings. The molecule has 1 rings (SSSR count). The van der Waals surface area contributed by atoms with Crippen molar-refractivity contribution in [2.75, 3.05) is 0 Å². The van der Waals surface area contributed by atoms with E-state index in [1.807, 2.05) is 0 Å². The van der Waals surface area contributed by atoms with Crippen LogP contribution in [0.15, 0.2) is 22.7 Å². The predicted molar refractivity (Wildman–Crippen MR) is 54.4 cm³/mol. The lowest BCUT2D eigenvalue weighted by Crippen LogP contribution is -2.11. The van der Waals surface area contributed by atoms with Crippen molar-refractivity contribution in [3.63, 3.8) is 0 Å². The van der Waals surface area contributed by atoms with E-state index in [1.54, 1.807) is 6.92 Å². The maximum Gasteiger partial charge on any atom is 0.416 e. The molecule has 0 saturated heterocycles. The molecular formula is C10H10BrF3O. The summed E-state index contributed by atoms with van der Waals surface area (Å²) < 4.78 is 38.1. The summed E-state index contributed by atoms with van der Waals surface area (Å²) in [6.45, 7) is 1.63. The van der Waals surface area contributed by atoms with Crippen LogP contribution in [0.1, 0.15) is 30.6 Å². The van der Waals surface area contributed by atoms with Gasteiger partial charge >= 0.3 is 6.18 Å². The summed E-state index contributed by atoms with van der Waals surface area (Å²) >= 11 is 2.98. The lowest BCUT2D eigenvalue weighted by Gasteiger charge is -2.16. The summed E-state index contributed by atoms with van der Waals surface area (Å²) in [5.74, 6) is 0. The highest BCUT2D eigenvalue weighted by atomic mass is 79.9. The fraction of sp³-hybridized carbons (Fsp3) is 0.400. The van der Waals surface area contributed by atoms with E-state index in [0.29, 0.717) is 4.47 Å². The van der Waals surface area contributed by atoms with Gasteiger partial charge in [-0.05, 0) is 24.1 Å². The molecule has 0 heterocycles. The van der Waals surface area contributed by atoms with Crippen molar-refractivity contribution < 1.29 is 18.3 Å². The zero-order chi connectivity index (χ0) is 11.6. The molecule has 1 atom stereocenters. The first-order valence-corrected chi connectivity index (χ1v) is 5.20. The van der Waals surface area contributed by atoms with Crippen molar-refractivity contribution in [1.82, 2.24) is 0 Å². The number of aliphatic hydroxyl groups is 1. The molecule has 0 saturated carbocycles. The highest BCUT2D eigenvalue weighted by Gasteiger charge is 2.34. The van der Waals surface area contributed by atoms with Gasteiger partial charge in [0.15, 0.2) is 0 Å². The quantitative estimate of drug-likeness (QED) is 0.872. The summed E-state index contributed by atoms with van der Waals surface area (Å²) in [5, 5.41) is 9.45. The van der Waals surface area contributed by atoms with Crippen molar-refractivity contribution in [1.29, 1.82) is 0 Å². The van der Waals surface area contributed by atoms with Crippen LogP contribution >= 0.6 is 15.9 Å². The minimum atomic E-state index is -4.44. The van der Waals surface area contributed by atoms with E-state index in [0.717, 1.165) is 6.07 Å². The Hall–Kier alpha value is -0.550. The molecular weight excluding hydrogens is 273 g/mol. The molecule has 0 aliphatic carbocycles. The van der Waals surface area contributed by atoms with Crippen LogP contribution in [0.25, 0.3) is 0 Å². The fourth-order valence-electron chi connectivity index (χ4n) is 1.28. The third-order valence-corrected chi connectivity index (χ3v) is 2.56. The van der Waals surface area contributed by atoms with E-state index in [4.69, 9.17) is 0 Å². The van der Waals surface area contributed by atoms with Gasteiger partial charge in [0.2, 0.25) is 0 Å². The van der Waals surface area contributed by atoms with Gasteiger partial charge in [0.1, 0.15) is 0 Å². The molecule has 5 heteroatoms. The Kier molecular flexibility index (Phi) is 3.78. The number of hydrogen-bond acceptors (Lipinski definition) is 1. The Morgan fingerprint density at radius 1 is 1.40 bits per heavy atom. The SMILES string of the molecule is CCC(O)c1ccc(Br)cc1C(F)(F)F. The maximum absolute atomic E-state index is 12.6. The maximum atomic E-state index is 12.6. The van der Waals surface area contributed by atoms with E-state index in [1.165, 1.54) is 12.1 Å². The van der Waals surface area contributed by atoms with E-state index in [9.17, 15) is 18.3 Å². The normalized spacial score (nSPS) is 14.0. The van der Waals surface area contributed by atoms with Crippen LogP contribution in [-0.4, -0.2) is 5.11 Å². The Balaban J connectivity index is 3.27. The van der Waals surface area contributed by atoms with Crippen molar-refractivity contribution in [2.45, 2.75) is 25.6 Å². The van der Waals surface area contributed by atoms with Crippen molar-refractivity contribution in [3.05, 3.63) is 33.8 Å². The second-order valence-electron chi connectivity index (χ2n) is 3.15. The molecule has 0 aliphatic heterocycles. The highest BCUT2D eigenvalue weighted by Crippen LogP contribution is 2.36. The number of halogens is 4. The van der Waals surface area contributed by atoms with E-state index in [2.05, 4.69) is 15.9 Å². The summed E-state index contributed by atoms with van der Waals surface area (Å²) in [6, 6.07) is 3.76. The van der Waals surface area contributed by atoms with Crippen LogP contribution in [-0.2, 0) is 6.18 Å². The monoisotopic (exact) mass is 282 g/mol. The zero-order valence-corrected chi connectivity index (χ0v) is 9.56. The third kappa shape index (κ3) is 2.95. The van der Waals surface area contributed by atoms with Crippen molar-refractivity contribution >= 4 is 15.9 Å². The fourth-order valence-corrected chi connectivity index (χ4v) is 1.65. The number of hydrogen-bond donors (Lipinski definition) is 1. The van der Waals surface area contributed by atoms with Crippen LogP contribution in [0.4, 0.5) is 13.2 Å². The molecule has 0 aromatic heterocycles. The lowest BCUT2D eigenvalue weighted by atomic mass is 10.0. The molecule has 1 aromatic carbocycles. The van der Waals surface area contributed by atoms with Gasteiger partial charge in [-0.3, -0.25) is 0 Å². The van der Waals surface area contributed by atoms with Gasteiger partial charge in [0.25, 0.3) is 0 Å². The van der Waals surface area contributed by atoms with Crippen molar-refractivity contribution in [3.8, 4) is 0 Å². The Morgan fingerprint density at radius 3 is 2.47 bits per heavy atom. The number of alkyl halides is 3. The van der Waals surface area contributed by atoms with Gasteiger partial charge in [0.05, 0.1) is 11.7 Å². The summed E-state index contributed by atoms with van der Waals surface area (Å²) in [5.41, 5.74) is -0.862. The second kappa shape index (κ2) is 4.53. The third-order valence-electron chi connectivity index (χ3n) is 2.07. The van der Waals surface area contributed by atoms with Gasteiger partial charge in [-0.15, -0.1) is 0 Å². The molecule has 0 spiro atoms. The summed E-state index contributed by atoms with van der Waals surface area (Å²) in [4.78, 5) is 0. The van der Waals surface area contributed by atoms with Crippen LogP contribution in [0, 0.1) is 0 Å². The zero-order valence-electron chi connectivity index (χ0n) is 7.98. The topological polar surface area (TPSA) is 20.2 Å². The van der Waals surface area contributed by atoms with Crippen LogP contribution < -0.4 is 0 Å². The smallest absolute Gasteiger partial charge is 0.388 e. The first kappa shape index (κ1) is 12.5. The van der Waals surface area contributed by atoms with Gasteiger partial charge in [0, 0.05) is 4.47 Å². The number of aliphatic hydroxyl groups excluding tert-OH is 1. The molecule has 0 fully saturated rings. The lowest BCUT2D eigenvalue weighted by molar-refractivity contribution is -0.139. The molecule has 1 N–H and O–H groups in total. The van der Waals surface area contributed by atoms with Crippen LogP contribution in [0.2, 0.25) is 0 Å². The van der Waals surface area contributed by atoms with Crippen molar-refractivity contribution in [2.24, 2.45) is 0 Å². The first-order valence-electron chi connectivity index (χ1n) is 4.41. The molecule has 84 valence electrons. The molecule has 1 nitrogen and oxygen atoms in total. The molecule has 0 radical (unpaired) electrons. The van der Waals surface area contributed by atoms with Gasteiger partial charge in [-0.1, -0.05) is 28.9 Å². The van der Waals surface area contributed by atoms with Gasteiger partial charge < -0.3 is 5.11 Å². The molecule has 1 unspecified atom stereocenters. The summed E-state index contributed by atoms with van der Waals surface area (Å²) in [7, 11) is 0. The highest BCUT2D eigenvalue weighted by molar-refractivity contribution is 9.10. The molecule has 0 aliphatic rings. The van der Waals surface area contributed by atoms with Crippen LogP contribution in [0.3, 0.4) is 0 Å². The molecule has 15 heavy (non-hydrogen) atoms. The average molecular weight is 283 g/mol.